The van der Waals surface area contributed by atoms with Gasteiger partial charge >= 0.3 is 0 Å². The van der Waals surface area contributed by atoms with E-state index in [1.807, 2.05) is 37.3 Å². The molecule has 4 N–H and O–H groups in total. The number of carbonyl (C=O) groups excluding carboxylic acids is 1. The van der Waals surface area contributed by atoms with Crippen LogP contribution in [0.5, 0.6) is 0 Å². The molecule has 0 fully saturated rings. The standard InChI is InChI=1S/C18H15N7O/c1-11(5-4-6-12-10-21-16(20)15(9-19)23-12)22-18(26)17-24-13-7-2-3-8-14(13)25-17/h2-3,7-8,10-11H,5H2,1H3,(H2,20,21)(H,22,26)(H,24,25)/t11-/m0/s1. The van der Waals surface area contributed by atoms with Crippen molar-refractivity contribution in [2.24, 2.45) is 0 Å². The summed E-state index contributed by atoms with van der Waals surface area (Å²) in [7, 11) is 0. The third-order valence-electron chi connectivity index (χ3n) is 3.51. The van der Waals surface area contributed by atoms with Crippen LogP contribution in [0.1, 0.15) is 35.4 Å². The van der Waals surface area contributed by atoms with E-state index in [-0.39, 0.29) is 29.3 Å². The fourth-order valence-electron chi connectivity index (χ4n) is 2.24. The molecule has 0 bridgehead atoms. The number of imidazole rings is 1. The molecule has 3 aromatic rings. The number of hydrogen-bond donors (Lipinski definition) is 3. The second-order valence-electron chi connectivity index (χ2n) is 5.58. The molecule has 0 saturated carbocycles. The molecule has 8 heteroatoms. The second kappa shape index (κ2) is 7.32. The number of hydrogen-bond acceptors (Lipinski definition) is 6. The number of fused-ring (bicyclic) bond motifs is 1. The summed E-state index contributed by atoms with van der Waals surface area (Å²) in [6, 6.07) is 9.09. The van der Waals surface area contributed by atoms with Crippen LogP contribution in [0.4, 0.5) is 5.82 Å². The Bertz CT molecular complexity index is 1040. The van der Waals surface area contributed by atoms with Gasteiger partial charge in [0.2, 0.25) is 0 Å². The van der Waals surface area contributed by atoms with Crippen molar-refractivity contribution in [2.75, 3.05) is 5.73 Å². The zero-order chi connectivity index (χ0) is 18.5. The van der Waals surface area contributed by atoms with Gasteiger partial charge in [0.1, 0.15) is 11.8 Å². The summed E-state index contributed by atoms with van der Waals surface area (Å²) < 4.78 is 0. The molecule has 0 unspecified atom stereocenters. The molecule has 0 aliphatic heterocycles. The van der Waals surface area contributed by atoms with Crippen LogP contribution in [0.3, 0.4) is 0 Å². The number of nitrogens with two attached hydrogens (primary N) is 1. The van der Waals surface area contributed by atoms with E-state index in [2.05, 4.69) is 37.1 Å². The van der Waals surface area contributed by atoms with Gasteiger partial charge in [0.25, 0.3) is 5.91 Å². The van der Waals surface area contributed by atoms with Crippen LogP contribution in [-0.2, 0) is 0 Å². The first-order chi connectivity index (χ1) is 12.6. The number of carbonyl (C=O) groups is 1. The van der Waals surface area contributed by atoms with E-state index in [4.69, 9.17) is 11.0 Å². The lowest BCUT2D eigenvalue weighted by molar-refractivity contribution is 0.0931. The number of nitriles is 1. The fraction of sp³-hybridized carbons (Fsp3) is 0.167. The maximum absolute atomic E-state index is 12.3. The maximum Gasteiger partial charge on any atom is 0.287 e. The highest BCUT2D eigenvalue weighted by atomic mass is 16.2. The van der Waals surface area contributed by atoms with Crippen LogP contribution in [0.25, 0.3) is 11.0 Å². The number of benzene rings is 1. The van der Waals surface area contributed by atoms with Gasteiger partial charge in [0, 0.05) is 12.5 Å². The average Bonchev–Trinajstić information content (AvgIpc) is 3.07. The molecular weight excluding hydrogens is 330 g/mol. The smallest absolute Gasteiger partial charge is 0.287 e. The lowest BCUT2D eigenvalue weighted by Crippen LogP contribution is -2.32. The van der Waals surface area contributed by atoms with Crippen molar-refractivity contribution >= 4 is 22.8 Å². The van der Waals surface area contributed by atoms with E-state index >= 15 is 0 Å². The first kappa shape index (κ1) is 16.9. The Morgan fingerprint density at radius 2 is 2.19 bits per heavy atom. The number of rotatable bonds is 3. The van der Waals surface area contributed by atoms with Crippen molar-refractivity contribution in [3.8, 4) is 17.9 Å². The zero-order valence-corrected chi connectivity index (χ0v) is 13.9. The number of aromatic nitrogens is 4. The number of nitrogens with zero attached hydrogens (tertiary/aromatic N) is 4. The molecule has 26 heavy (non-hydrogen) atoms. The molecule has 0 saturated heterocycles. The highest BCUT2D eigenvalue weighted by Crippen LogP contribution is 2.10. The predicted octanol–water partition coefficient (Wildman–Crippen LogP) is 1.37. The van der Waals surface area contributed by atoms with Gasteiger partial charge in [-0.15, -0.1) is 0 Å². The molecule has 0 radical (unpaired) electrons. The molecule has 3 rings (SSSR count). The SMILES string of the molecule is C[C@@H](CC#Cc1cnc(N)c(C#N)n1)NC(=O)c1nc2ccccc2[nH]1. The Morgan fingerprint density at radius 3 is 2.96 bits per heavy atom. The van der Waals surface area contributed by atoms with Crippen molar-refractivity contribution < 1.29 is 4.79 Å². The molecule has 2 heterocycles. The van der Waals surface area contributed by atoms with Gasteiger partial charge in [-0.1, -0.05) is 18.1 Å². The first-order valence-corrected chi connectivity index (χ1v) is 7.84. The van der Waals surface area contributed by atoms with E-state index in [0.717, 1.165) is 11.0 Å². The van der Waals surface area contributed by atoms with Crippen molar-refractivity contribution in [3.63, 3.8) is 0 Å². The summed E-state index contributed by atoms with van der Waals surface area (Å²) in [5.74, 6) is 5.75. The molecule has 128 valence electrons. The van der Waals surface area contributed by atoms with E-state index in [1.165, 1.54) is 6.20 Å². The number of para-hydroxylation sites is 2. The summed E-state index contributed by atoms with van der Waals surface area (Å²) in [4.78, 5) is 27.4. The van der Waals surface area contributed by atoms with Gasteiger partial charge in [-0.3, -0.25) is 4.79 Å². The van der Waals surface area contributed by atoms with Crippen LogP contribution in [0.15, 0.2) is 30.5 Å². The third-order valence-corrected chi connectivity index (χ3v) is 3.51. The van der Waals surface area contributed by atoms with Crippen LogP contribution < -0.4 is 11.1 Å². The minimum Gasteiger partial charge on any atom is -0.381 e. The summed E-state index contributed by atoms with van der Waals surface area (Å²) in [6.45, 7) is 1.84. The van der Waals surface area contributed by atoms with Gasteiger partial charge in [-0.25, -0.2) is 15.0 Å². The van der Waals surface area contributed by atoms with E-state index in [0.29, 0.717) is 12.1 Å². The number of H-pyrrole nitrogens is 1. The monoisotopic (exact) mass is 345 g/mol. The predicted molar refractivity (Wildman–Crippen MR) is 95.7 cm³/mol. The number of anilines is 1. The largest absolute Gasteiger partial charge is 0.381 e. The van der Waals surface area contributed by atoms with Crippen molar-refractivity contribution in [3.05, 3.63) is 47.7 Å². The van der Waals surface area contributed by atoms with E-state index in [1.54, 1.807) is 0 Å². The number of aromatic amines is 1. The first-order valence-electron chi connectivity index (χ1n) is 7.84. The number of nitrogen functional groups attached to an aromatic ring is 1. The third kappa shape index (κ3) is 3.77. The van der Waals surface area contributed by atoms with E-state index in [9.17, 15) is 4.79 Å². The summed E-state index contributed by atoms with van der Waals surface area (Å²) in [5.41, 5.74) is 7.45. The molecule has 2 aromatic heterocycles. The van der Waals surface area contributed by atoms with Gasteiger partial charge in [0.05, 0.1) is 17.2 Å². The quantitative estimate of drug-likeness (QED) is 0.614. The van der Waals surface area contributed by atoms with Gasteiger partial charge in [-0.2, -0.15) is 5.26 Å². The van der Waals surface area contributed by atoms with Crippen LogP contribution in [0, 0.1) is 23.2 Å². The molecule has 1 amide bonds. The fourth-order valence-corrected chi connectivity index (χ4v) is 2.24. The molecule has 0 aliphatic carbocycles. The summed E-state index contributed by atoms with van der Waals surface area (Å²) in [5, 5.41) is 11.7. The van der Waals surface area contributed by atoms with Crippen molar-refractivity contribution in [2.45, 2.75) is 19.4 Å². The van der Waals surface area contributed by atoms with Crippen molar-refractivity contribution in [1.82, 2.24) is 25.3 Å². The lowest BCUT2D eigenvalue weighted by Gasteiger charge is -2.08. The molecule has 8 nitrogen and oxygen atoms in total. The number of amides is 1. The normalized spacial score (nSPS) is 11.2. The highest BCUT2D eigenvalue weighted by Gasteiger charge is 2.13. The topological polar surface area (TPSA) is 133 Å². The Hall–Kier alpha value is -3.91. The Kier molecular flexibility index (Phi) is 4.77. The maximum atomic E-state index is 12.3. The number of nitrogens with one attached hydrogen (secondary N) is 2. The van der Waals surface area contributed by atoms with Crippen LogP contribution in [0.2, 0.25) is 0 Å². The second-order valence-corrected chi connectivity index (χ2v) is 5.58. The molecule has 0 aliphatic rings. The Balaban J connectivity index is 1.61. The van der Waals surface area contributed by atoms with Gasteiger partial charge in [0.15, 0.2) is 17.3 Å². The summed E-state index contributed by atoms with van der Waals surface area (Å²) >= 11 is 0. The molecular formula is C18H15N7O. The Labute approximate surface area is 149 Å². The average molecular weight is 345 g/mol. The molecule has 0 spiro atoms. The minimum absolute atomic E-state index is 0.0445. The highest BCUT2D eigenvalue weighted by molar-refractivity contribution is 5.94. The van der Waals surface area contributed by atoms with Gasteiger partial charge < -0.3 is 16.0 Å². The molecule has 1 atom stereocenters. The summed E-state index contributed by atoms with van der Waals surface area (Å²) in [6.07, 6.45) is 1.81. The minimum atomic E-state index is -0.297. The van der Waals surface area contributed by atoms with Crippen LogP contribution in [-0.4, -0.2) is 31.9 Å². The van der Waals surface area contributed by atoms with Crippen molar-refractivity contribution in [1.29, 1.82) is 5.26 Å². The lowest BCUT2D eigenvalue weighted by atomic mass is 10.2. The molecule has 1 aromatic carbocycles. The Morgan fingerprint density at radius 1 is 1.38 bits per heavy atom. The zero-order valence-electron chi connectivity index (χ0n) is 13.9. The van der Waals surface area contributed by atoms with E-state index < -0.39 is 0 Å². The van der Waals surface area contributed by atoms with Crippen LogP contribution >= 0.6 is 0 Å². The van der Waals surface area contributed by atoms with Gasteiger partial charge in [-0.05, 0) is 25.0 Å².